The van der Waals surface area contributed by atoms with Crippen LogP contribution in [0.25, 0.3) is 0 Å². The number of nitrogens with one attached hydrogen (secondary N) is 1. The number of hydrogen-bond acceptors (Lipinski definition) is 5. The summed E-state index contributed by atoms with van der Waals surface area (Å²) in [5.74, 6) is 2.14. The molecule has 1 aromatic rings. The molecule has 19 heavy (non-hydrogen) atoms. The first-order chi connectivity index (χ1) is 9.08. The minimum absolute atomic E-state index is 0.102. The summed E-state index contributed by atoms with van der Waals surface area (Å²) < 4.78 is 5.66. The SMILES string of the molecule is CC(C)Oc1nccnc1NCC(C1CC1)N(C)C. The number of nitrogens with zero attached hydrogens (tertiary/aromatic N) is 3. The van der Waals surface area contributed by atoms with Gasteiger partial charge in [-0.3, -0.25) is 0 Å². The fourth-order valence-electron chi connectivity index (χ4n) is 2.21. The Morgan fingerprint density at radius 3 is 2.58 bits per heavy atom. The molecule has 1 aliphatic rings. The summed E-state index contributed by atoms with van der Waals surface area (Å²) in [6.07, 6.45) is 6.12. The lowest BCUT2D eigenvalue weighted by molar-refractivity contribution is 0.232. The topological polar surface area (TPSA) is 50.3 Å². The quantitative estimate of drug-likeness (QED) is 0.816. The molecule has 1 aliphatic carbocycles. The Labute approximate surface area is 115 Å². The van der Waals surface area contributed by atoms with Crippen molar-refractivity contribution in [3.8, 4) is 5.88 Å². The predicted octanol–water partition coefficient (Wildman–Crippen LogP) is 2.02. The van der Waals surface area contributed by atoms with Gasteiger partial charge in [0.15, 0.2) is 5.82 Å². The minimum atomic E-state index is 0.102. The van der Waals surface area contributed by atoms with E-state index in [0.29, 0.717) is 11.9 Å². The highest BCUT2D eigenvalue weighted by atomic mass is 16.5. The van der Waals surface area contributed by atoms with Crippen LogP contribution in [-0.2, 0) is 0 Å². The maximum Gasteiger partial charge on any atom is 0.257 e. The van der Waals surface area contributed by atoms with E-state index in [2.05, 4.69) is 34.3 Å². The van der Waals surface area contributed by atoms with Gasteiger partial charge in [0, 0.05) is 25.0 Å². The Morgan fingerprint density at radius 1 is 1.32 bits per heavy atom. The molecular formula is C14H24N4O. The molecule has 1 aromatic heterocycles. The van der Waals surface area contributed by atoms with Crippen LogP contribution in [0.15, 0.2) is 12.4 Å². The highest BCUT2D eigenvalue weighted by Crippen LogP contribution is 2.34. The number of anilines is 1. The molecule has 106 valence electrons. The Bertz CT molecular complexity index is 402. The van der Waals surface area contributed by atoms with E-state index in [1.807, 2.05) is 13.8 Å². The first-order valence-electron chi connectivity index (χ1n) is 6.96. The fraction of sp³-hybridized carbons (Fsp3) is 0.714. The summed E-state index contributed by atoms with van der Waals surface area (Å²) in [7, 11) is 4.26. The third-order valence-electron chi connectivity index (χ3n) is 3.32. The molecule has 0 bridgehead atoms. The second kappa shape index (κ2) is 6.19. The van der Waals surface area contributed by atoms with Crippen molar-refractivity contribution < 1.29 is 4.74 Å². The van der Waals surface area contributed by atoms with Crippen molar-refractivity contribution in [2.75, 3.05) is 26.0 Å². The summed E-state index contributed by atoms with van der Waals surface area (Å²) in [6, 6.07) is 0.550. The molecule has 0 saturated heterocycles. The summed E-state index contributed by atoms with van der Waals surface area (Å²) in [5, 5.41) is 3.38. The average Bonchev–Trinajstić information content (AvgIpc) is 3.14. The molecule has 1 saturated carbocycles. The third-order valence-corrected chi connectivity index (χ3v) is 3.32. The zero-order valence-corrected chi connectivity index (χ0v) is 12.3. The molecular weight excluding hydrogens is 240 g/mol. The Balaban J connectivity index is 1.98. The molecule has 0 radical (unpaired) electrons. The van der Waals surface area contributed by atoms with Gasteiger partial charge in [0.05, 0.1) is 6.10 Å². The van der Waals surface area contributed by atoms with Gasteiger partial charge in [-0.1, -0.05) is 0 Å². The monoisotopic (exact) mass is 264 g/mol. The van der Waals surface area contributed by atoms with E-state index < -0.39 is 0 Å². The van der Waals surface area contributed by atoms with Gasteiger partial charge < -0.3 is 15.0 Å². The summed E-state index contributed by atoms with van der Waals surface area (Å²) >= 11 is 0. The third kappa shape index (κ3) is 4.06. The van der Waals surface area contributed by atoms with Crippen molar-refractivity contribution in [3.63, 3.8) is 0 Å². The van der Waals surface area contributed by atoms with Gasteiger partial charge in [-0.15, -0.1) is 0 Å². The van der Waals surface area contributed by atoms with E-state index in [0.717, 1.165) is 18.3 Å². The van der Waals surface area contributed by atoms with E-state index in [-0.39, 0.29) is 6.10 Å². The van der Waals surface area contributed by atoms with Gasteiger partial charge in [-0.25, -0.2) is 9.97 Å². The Hall–Kier alpha value is -1.36. The van der Waals surface area contributed by atoms with Crippen LogP contribution in [0.5, 0.6) is 5.88 Å². The van der Waals surface area contributed by atoms with Gasteiger partial charge in [-0.05, 0) is 46.7 Å². The summed E-state index contributed by atoms with van der Waals surface area (Å²) in [4.78, 5) is 10.8. The second-order valence-corrected chi connectivity index (χ2v) is 5.63. The van der Waals surface area contributed by atoms with Crippen LogP contribution >= 0.6 is 0 Å². The first kappa shape index (κ1) is 14.1. The number of ether oxygens (including phenoxy) is 1. The molecule has 0 aromatic carbocycles. The van der Waals surface area contributed by atoms with Crippen molar-refractivity contribution in [2.24, 2.45) is 5.92 Å². The molecule has 1 heterocycles. The highest BCUT2D eigenvalue weighted by molar-refractivity contribution is 5.44. The maximum absolute atomic E-state index is 5.66. The van der Waals surface area contributed by atoms with Gasteiger partial charge >= 0.3 is 0 Å². The van der Waals surface area contributed by atoms with E-state index in [1.54, 1.807) is 12.4 Å². The van der Waals surface area contributed by atoms with Crippen LogP contribution in [0.2, 0.25) is 0 Å². The standard InChI is InChI=1S/C14H24N4O/c1-10(2)19-14-13(15-7-8-16-14)17-9-12(18(3)4)11-5-6-11/h7-8,10-12H,5-6,9H2,1-4H3,(H,15,17). The van der Waals surface area contributed by atoms with Crippen LogP contribution in [0, 0.1) is 5.92 Å². The number of aromatic nitrogens is 2. The van der Waals surface area contributed by atoms with Gasteiger partial charge in [0.1, 0.15) is 0 Å². The lowest BCUT2D eigenvalue weighted by Crippen LogP contribution is -2.36. The van der Waals surface area contributed by atoms with Gasteiger partial charge in [0.25, 0.3) is 5.88 Å². The molecule has 2 rings (SSSR count). The van der Waals surface area contributed by atoms with E-state index in [9.17, 15) is 0 Å². The molecule has 0 aliphatic heterocycles. The zero-order chi connectivity index (χ0) is 13.8. The van der Waals surface area contributed by atoms with Crippen molar-refractivity contribution in [2.45, 2.75) is 38.8 Å². The van der Waals surface area contributed by atoms with E-state index in [4.69, 9.17) is 4.74 Å². The number of likely N-dealkylation sites (N-methyl/N-ethyl adjacent to an activating group) is 1. The largest absolute Gasteiger partial charge is 0.472 e. The fourth-order valence-corrected chi connectivity index (χ4v) is 2.21. The molecule has 5 nitrogen and oxygen atoms in total. The van der Waals surface area contributed by atoms with Gasteiger partial charge in [-0.2, -0.15) is 0 Å². The second-order valence-electron chi connectivity index (χ2n) is 5.63. The highest BCUT2D eigenvalue weighted by Gasteiger charge is 2.32. The molecule has 5 heteroatoms. The van der Waals surface area contributed by atoms with E-state index in [1.165, 1.54) is 12.8 Å². The van der Waals surface area contributed by atoms with Crippen molar-refractivity contribution >= 4 is 5.82 Å². The smallest absolute Gasteiger partial charge is 0.257 e. The van der Waals surface area contributed by atoms with Gasteiger partial charge in [0.2, 0.25) is 0 Å². The minimum Gasteiger partial charge on any atom is -0.472 e. The zero-order valence-electron chi connectivity index (χ0n) is 12.3. The first-order valence-corrected chi connectivity index (χ1v) is 6.96. The van der Waals surface area contributed by atoms with Crippen LogP contribution < -0.4 is 10.1 Å². The van der Waals surface area contributed by atoms with E-state index >= 15 is 0 Å². The van der Waals surface area contributed by atoms with Crippen LogP contribution in [0.1, 0.15) is 26.7 Å². The van der Waals surface area contributed by atoms with Crippen LogP contribution in [-0.4, -0.2) is 47.7 Å². The van der Waals surface area contributed by atoms with Crippen molar-refractivity contribution in [3.05, 3.63) is 12.4 Å². The Kier molecular flexibility index (Phi) is 4.58. The van der Waals surface area contributed by atoms with Crippen LogP contribution in [0.4, 0.5) is 5.82 Å². The lowest BCUT2D eigenvalue weighted by Gasteiger charge is -2.25. The summed E-state index contributed by atoms with van der Waals surface area (Å²) in [5.41, 5.74) is 0. The van der Waals surface area contributed by atoms with Crippen molar-refractivity contribution in [1.82, 2.24) is 14.9 Å². The number of rotatable bonds is 7. The molecule has 1 unspecified atom stereocenters. The number of hydrogen-bond donors (Lipinski definition) is 1. The molecule has 1 N–H and O–H groups in total. The predicted molar refractivity (Wildman–Crippen MR) is 76.5 cm³/mol. The lowest BCUT2D eigenvalue weighted by atomic mass is 10.1. The molecule has 1 atom stereocenters. The normalized spacial score (nSPS) is 16.7. The molecule has 0 spiro atoms. The molecule has 0 amide bonds. The average molecular weight is 264 g/mol. The molecule has 1 fully saturated rings. The maximum atomic E-state index is 5.66. The Morgan fingerprint density at radius 2 is 2.00 bits per heavy atom. The van der Waals surface area contributed by atoms with Crippen molar-refractivity contribution in [1.29, 1.82) is 0 Å². The van der Waals surface area contributed by atoms with Crippen LogP contribution in [0.3, 0.4) is 0 Å². The summed E-state index contributed by atoms with van der Waals surface area (Å²) in [6.45, 7) is 4.86.